The summed E-state index contributed by atoms with van der Waals surface area (Å²) in [5, 5.41) is 6.10. The van der Waals surface area contributed by atoms with Crippen LogP contribution in [0.3, 0.4) is 0 Å². The Morgan fingerprint density at radius 2 is 2.16 bits per heavy atom. The summed E-state index contributed by atoms with van der Waals surface area (Å²) >= 11 is 1.57. The molecule has 1 atom stereocenters. The van der Waals surface area contributed by atoms with Crippen LogP contribution in [-0.4, -0.2) is 40.0 Å². The third-order valence-electron chi connectivity index (χ3n) is 3.40. The van der Waals surface area contributed by atoms with E-state index < -0.39 is 0 Å². The third kappa shape index (κ3) is 2.90. The molecule has 3 heterocycles. The highest BCUT2D eigenvalue weighted by Gasteiger charge is 2.23. The Kier molecular flexibility index (Phi) is 3.70. The van der Waals surface area contributed by atoms with Gasteiger partial charge in [0, 0.05) is 36.4 Å². The van der Waals surface area contributed by atoms with E-state index in [0.29, 0.717) is 5.92 Å². The van der Waals surface area contributed by atoms with Crippen molar-refractivity contribution in [3.63, 3.8) is 0 Å². The number of thiazole rings is 1. The van der Waals surface area contributed by atoms with Gasteiger partial charge >= 0.3 is 0 Å². The molecule has 0 aliphatic carbocycles. The first-order valence-electron chi connectivity index (χ1n) is 6.49. The van der Waals surface area contributed by atoms with Crippen LogP contribution in [0.4, 0.5) is 10.9 Å². The zero-order valence-corrected chi connectivity index (χ0v) is 11.7. The second-order valence-electron chi connectivity index (χ2n) is 4.85. The lowest BCUT2D eigenvalue weighted by atomic mass is 9.95. The van der Waals surface area contributed by atoms with Gasteiger partial charge in [0.2, 0.25) is 0 Å². The number of hydrogen-bond donors (Lipinski definition) is 1. The maximum atomic E-state index is 4.54. The minimum absolute atomic E-state index is 0.454. The van der Waals surface area contributed by atoms with Crippen LogP contribution >= 0.6 is 11.3 Å². The maximum absolute atomic E-state index is 4.54. The van der Waals surface area contributed by atoms with Crippen molar-refractivity contribution in [1.82, 2.24) is 19.9 Å². The van der Waals surface area contributed by atoms with Gasteiger partial charge in [-0.05, 0) is 26.4 Å². The van der Waals surface area contributed by atoms with Crippen LogP contribution in [-0.2, 0) is 0 Å². The average molecular weight is 275 g/mol. The van der Waals surface area contributed by atoms with Crippen molar-refractivity contribution in [2.45, 2.75) is 18.8 Å². The molecule has 3 rings (SSSR count). The van der Waals surface area contributed by atoms with E-state index in [-0.39, 0.29) is 0 Å². The van der Waals surface area contributed by atoms with E-state index in [1.807, 2.05) is 5.38 Å². The van der Waals surface area contributed by atoms with Gasteiger partial charge < -0.3 is 10.2 Å². The lowest BCUT2D eigenvalue weighted by Crippen LogP contribution is -2.31. The molecular weight excluding hydrogens is 258 g/mol. The molecular formula is C13H17N5S. The summed E-state index contributed by atoms with van der Waals surface area (Å²) in [6.07, 6.45) is 7.68. The number of likely N-dealkylation sites (N-methyl/N-ethyl adjacent to an activating group) is 1. The maximum Gasteiger partial charge on any atom is 0.188 e. The van der Waals surface area contributed by atoms with E-state index in [0.717, 1.165) is 23.2 Å². The Labute approximate surface area is 116 Å². The number of likely N-dealkylation sites (tertiary alicyclic amines) is 1. The normalized spacial score (nSPS) is 20.4. The van der Waals surface area contributed by atoms with E-state index in [1.54, 1.807) is 29.9 Å². The highest BCUT2D eigenvalue weighted by molar-refractivity contribution is 7.13. The summed E-state index contributed by atoms with van der Waals surface area (Å²) in [5.74, 6) is 1.30. The molecule has 2 aromatic rings. The number of nitrogens with zero attached hydrogens (tertiary/aromatic N) is 4. The van der Waals surface area contributed by atoms with Crippen molar-refractivity contribution < 1.29 is 0 Å². The molecule has 1 fully saturated rings. The summed E-state index contributed by atoms with van der Waals surface area (Å²) in [7, 11) is 2.16. The van der Waals surface area contributed by atoms with Gasteiger partial charge in [0.15, 0.2) is 10.9 Å². The van der Waals surface area contributed by atoms with Crippen molar-refractivity contribution in [1.29, 1.82) is 0 Å². The van der Waals surface area contributed by atoms with Crippen LogP contribution in [0.15, 0.2) is 24.0 Å². The van der Waals surface area contributed by atoms with Gasteiger partial charge in [-0.1, -0.05) is 0 Å². The summed E-state index contributed by atoms with van der Waals surface area (Å²) in [4.78, 5) is 15.6. The van der Waals surface area contributed by atoms with Gasteiger partial charge in [-0.15, -0.1) is 11.3 Å². The molecule has 0 amide bonds. The quantitative estimate of drug-likeness (QED) is 0.932. The molecule has 0 saturated carbocycles. The lowest BCUT2D eigenvalue weighted by molar-refractivity contribution is 0.248. The van der Waals surface area contributed by atoms with Crippen molar-refractivity contribution in [2.24, 2.45) is 0 Å². The monoisotopic (exact) mass is 275 g/mol. The Morgan fingerprint density at radius 3 is 2.95 bits per heavy atom. The Balaban J connectivity index is 1.84. The minimum Gasteiger partial charge on any atom is -0.315 e. The second-order valence-corrected chi connectivity index (χ2v) is 5.75. The van der Waals surface area contributed by atoms with E-state index >= 15 is 0 Å². The SMILES string of the molecule is CN1CCC[C@@H](c2nccnc2Nc2nccs2)C1. The van der Waals surface area contributed by atoms with Crippen LogP contribution < -0.4 is 5.32 Å². The van der Waals surface area contributed by atoms with Crippen molar-refractivity contribution in [2.75, 3.05) is 25.5 Å². The van der Waals surface area contributed by atoms with Gasteiger partial charge in [-0.2, -0.15) is 0 Å². The van der Waals surface area contributed by atoms with Crippen LogP contribution in [0.25, 0.3) is 0 Å². The molecule has 0 radical (unpaired) electrons. The van der Waals surface area contributed by atoms with Crippen molar-refractivity contribution in [3.05, 3.63) is 29.7 Å². The molecule has 6 heteroatoms. The first kappa shape index (κ1) is 12.5. The first-order valence-corrected chi connectivity index (χ1v) is 7.37. The Hall–Kier alpha value is -1.53. The Bertz CT molecular complexity index is 528. The molecule has 1 saturated heterocycles. The second kappa shape index (κ2) is 5.63. The standard InChI is InChI=1S/C13H17N5S/c1-18-7-2-3-10(9-18)11-12(15-5-4-14-11)17-13-16-6-8-19-13/h4-6,8,10H,2-3,7,9H2,1H3,(H,15,16,17)/t10-/m1/s1. The largest absolute Gasteiger partial charge is 0.315 e. The molecule has 2 aromatic heterocycles. The van der Waals surface area contributed by atoms with Gasteiger partial charge in [0.05, 0.1) is 5.69 Å². The van der Waals surface area contributed by atoms with Gasteiger partial charge in [-0.25, -0.2) is 9.97 Å². The zero-order valence-electron chi connectivity index (χ0n) is 10.9. The highest BCUT2D eigenvalue weighted by atomic mass is 32.1. The number of nitrogens with one attached hydrogen (secondary N) is 1. The summed E-state index contributed by atoms with van der Waals surface area (Å²) < 4.78 is 0. The molecule has 0 unspecified atom stereocenters. The number of piperidine rings is 1. The smallest absolute Gasteiger partial charge is 0.188 e. The summed E-state index contributed by atoms with van der Waals surface area (Å²) in [6, 6.07) is 0. The minimum atomic E-state index is 0.454. The molecule has 5 nitrogen and oxygen atoms in total. The topological polar surface area (TPSA) is 53.9 Å². The highest BCUT2D eigenvalue weighted by Crippen LogP contribution is 2.30. The van der Waals surface area contributed by atoms with E-state index in [2.05, 4.69) is 32.2 Å². The number of aromatic nitrogens is 3. The lowest BCUT2D eigenvalue weighted by Gasteiger charge is -2.29. The fourth-order valence-corrected chi connectivity index (χ4v) is 3.05. The predicted octanol–water partition coefficient (Wildman–Crippen LogP) is 2.49. The molecule has 1 aliphatic rings. The summed E-state index contributed by atoms with van der Waals surface area (Å²) in [6.45, 7) is 2.22. The molecule has 0 bridgehead atoms. The van der Waals surface area contributed by atoms with Gasteiger partial charge in [-0.3, -0.25) is 4.98 Å². The molecule has 1 N–H and O–H groups in total. The average Bonchev–Trinajstić information content (AvgIpc) is 2.92. The fraction of sp³-hybridized carbons (Fsp3) is 0.462. The molecule has 0 spiro atoms. The van der Waals surface area contributed by atoms with E-state index in [1.165, 1.54) is 19.4 Å². The third-order valence-corrected chi connectivity index (χ3v) is 4.08. The summed E-state index contributed by atoms with van der Waals surface area (Å²) in [5.41, 5.74) is 1.06. The van der Waals surface area contributed by atoms with Crippen LogP contribution in [0.5, 0.6) is 0 Å². The van der Waals surface area contributed by atoms with Crippen LogP contribution in [0.2, 0.25) is 0 Å². The van der Waals surface area contributed by atoms with Crippen LogP contribution in [0, 0.1) is 0 Å². The predicted molar refractivity (Wildman–Crippen MR) is 76.9 cm³/mol. The molecule has 100 valence electrons. The van der Waals surface area contributed by atoms with Crippen molar-refractivity contribution in [3.8, 4) is 0 Å². The molecule has 1 aliphatic heterocycles. The van der Waals surface area contributed by atoms with Gasteiger partial charge in [0.25, 0.3) is 0 Å². The van der Waals surface area contributed by atoms with E-state index in [9.17, 15) is 0 Å². The fourth-order valence-electron chi connectivity index (χ4n) is 2.52. The number of anilines is 2. The Morgan fingerprint density at radius 1 is 1.26 bits per heavy atom. The van der Waals surface area contributed by atoms with E-state index in [4.69, 9.17) is 0 Å². The molecule has 0 aromatic carbocycles. The number of hydrogen-bond acceptors (Lipinski definition) is 6. The first-order chi connectivity index (χ1) is 9.33. The van der Waals surface area contributed by atoms with Crippen molar-refractivity contribution >= 4 is 22.3 Å². The molecule has 19 heavy (non-hydrogen) atoms. The van der Waals surface area contributed by atoms with Crippen LogP contribution in [0.1, 0.15) is 24.5 Å². The zero-order chi connectivity index (χ0) is 13.1. The van der Waals surface area contributed by atoms with Gasteiger partial charge in [0.1, 0.15) is 0 Å². The number of rotatable bonds is 3.